The maximum Gasteiger partial charge on any atom is 0.260 e. The Morgan fingerprint density at radius 1 is 1.47 bits per heavy atom. The molecule has 0 spiro atoms. The van der Waals surface area contributed by atoms with Gasteiger partial charge in [0.1, 0.15) is 17.1 Å². The fraction of sp³-hybridized carbons (Fsp3) is 0.500. The predicted molar refractivity (Wildman–Crippen MR) is 70.7 cm³/mol. The Bertz CT molecular complexity index is 458. The van der Waals surface area contributed by atoms with Crippen LogP contribution in [0.5, 0.6) is 5.75 Å². The standard InChI is InChI=1S/C14H19FN2O2/c1-3-16-7-8-17(9-10(16)2)14(19)13-11(15)5-4-6-12(13)18/h4-6,10,18H,3,7-9H2,1-2H3. The van der Waals surface area contributed by atoms with Crippen molar-refractivity contribution in [1.29, 1.82) is 0 Å². The number of rotatable bonds is 2. The lowest BCUT2D eigenvalue weighted by Crippen LogP contribution is -2.53. The van der Waals surface area contributed by atoms with Gasteiger partial charge >= 0.3 is 0 Å². The highest BCUT2D eigenvalue weighted by Crippen LogP contribution is 2.23. The lowest BCUT2D eigenvalue weighted by molar-refractivity contribution is 0.0521. The van der Waals surface area contributed by atoms with Gasteiger partial charge in [0, 0.05) is 25.7 Å². The van der Waals surface area contributed by atoms with Gasteiger partial charge in [-0.3, -0.25) is 9.69 Å². The first-order valence-corrected chi connectivity index (χ1v) is 6.55. The van der Waals surface area contributed by atoms with E-state index >= 15 is 0 Å². The molecule has 0 aromatic heterocycles. The zero-order valence-electron chi connectivity index (χ0n) is 11.3. The number of likely N-dealkylation sites (N-methyl/N-ethyl adjacent to an activating group) is 1. The highest BCUT2D eigenvalue weighted by atomic mass is 19.1. The van der Waals surface area contributed by atoms with Crippen LogP contribution >= 0.6 is 0 Å². The molecule has 1 N–H and O–H groups in total. The summed E-state index contributed by atoms with van der Waals surface area (Å²) < 4.78 is 13.7. The zero-order valence-corrected chi connectivity index (χ0v) is 11.3. The van der Waals surface area contributed by atoms with Gasteiger partial charge in [-0.2, -0.15) is 0 Å². The largest absolute Gasteiger partial charge is 0.507 e. The van der Waals surface area contributed by atoms with E-state index in [1.54, 1.807) is 4.90 Å². The van der Waals surface area contributed by atoms with Gasteiger partial charge in [0.05, 0.1) is 0 Å². The Hall–Kier alpha value is -1.62. The highest BCUT2D eigenvalue weighted by Gasteiger charge is 2.29. The number of halogens is 1. The summed E-state index contributed by atoms with van der Waals surface area (Å²) in [5.74, 6) is -1.40. The molecule has 1 heterocycles. The third kappa shape index (κ3) is 2.71. The van der Waals surface area contributed by atoms with Crippen molar-refractivity contribution in [3.63, 3.8) is 0 Å². The second-order valence-corrected chi connectivity index (χ2v) is 4.86. The van der Waals surface area contributed by atoms with Crippen molar-refractivity contribution in [2.24, 2.45) is 0 Å². The second kappa shape index (κ2) is 5.57. The number of phenolic OH excluding ortho intramolecular Hbond substituents is 1. The van der Waals surface area contributed by atoms with Crippen molar-refractivity contribution in [3.8, 4) is 5.75 Å². The minimum atomic E-state index is -0.671. The quantitative estimate of drug-likeness (QED) is 0.886. The summed E-state index contributed by atoms with van der Waals surface area (Å²) in [4.78, 5) is 16.2. The van der Waals surface area contributed by atoms with E-state index in [2.05, 4.69) is 11.8 Å². The van der Waals surface area contributed by atoms with Crippen LogP contribution in [0.4, 0.5) is 4.39 Å². The van der Waals surface area contributed by atoms with E-state index in [1.807, 2.05) is 6.92 Å². The molecule has 0 aliphatic carbocycles. The van der Waals surface area contributed by atoms with Gasteiger partial charge in [-0.1, -0.05) is 13.0 Å². The number of nitrogens with zero attached hydrogens (tertiary/aromatic N) is 2. The SMILES string of the molecule is CCN1CCN(C(=O)c2c(O)cccc2F)CC1C. The Labute approximate surface area is 112 Å². The molecule has 5 heteroatoms. The van der Waals surface area contributed by atoms with E-state index in [-0.39, 0.29) is 17.4 Å². The predicted octanol–water partition coefficient (Wildman–Crippen LogP) is 1.70. The third-order valence-corrected chi connectivity index (χ3v) is 3.66. The number of hydrogen-bond donors (Lipinski definition) is 1. The molecule has 1 unspecified atom stereocenters. The van der Waals surface area contributed by atoms with Gasteiger partial charge < -0.3 is 10.0 Å². The Morgan fingerprint density at radius 3 is 2.79 bits per heavy atom. The summed E-state index contributed by atoms with van der Waals surface area (Å²) in [5, 5.41) is 9.66. The summed E-state index contributed by atoms with van der Waals surface area (Å²) in [6.45, 7) is 6.96. The fourth-order valence-electron chi connectivity index (χ4n) is 2.53. The van der Waals surface area contributed by atoms with E-state index in [4.69, 9.17) is 0 Å². The van der Waals surface area contributed by atoms with Crippen molar-refractivity contribution in [2.45, 2.75) is 19.9 Å². The lowest BCUT2D eigenvalue weighted by atomic mass is 10.1. The van der Waals surface area contributed by atoms with E-state index in [1.165, 1.54) is 18.2 Å². The van der Waals surface area contributed by atoms with Gasteiger partial charge in [0.2, 0.25) is 0 Å². The Balaban J connectivity index is 2.17. The molecule has 104 valence electrons. The van der Waals surface area contributed by atoms with E-state index in [0.29, 0.717) is 13.1 Å². The number of benzene rings is 1. The molecule has 1 atom stereocenters. The van der Waals surface area contributed by atoms with E-state index in [0.717, 1.165) is 13.1 Å². The lowest BCUT2D eigenvalue weighted by Gasteiger charge is -2.39. The van der Waals surface area contributed by atoms with Crippen LogP contribution in [-0.2, 0) is 0 Å². The summed E-state index contributed by atoms with van der Waals surface area (Å²) in [6.07, 6.45) is 0. The van der Waals surface area contributed by atoms with Crippen molar-refractivity contribution in [2.75, 3.05) is 26.2 Å². The molecule has 1 aliphatic heterocycles. The average Bonchev–Trinajstić information content (AvgIpc) is 2.38. The molecule has 1 aromatic carbocycles. The summed E-state index contributed by atoms with van der Waals surface area (Å²) in [6, 6.07) is 4.16. The molecule has 1 aromatic rings. The van der Waals surface area contributed by atoms with Crippen molar-refractivity contribution in [3.05, 3.63) is 29.6 Å². The van der Waals surface area contributed by atoms with Crippen LogP contribution < -0.4 is 0 Å². The molecular weight excluding hydrogens is 247 g/mol. The summed E-state index contributed by atoms with van der Waals surface area (Å²) >= 11 is 0. The first kappa shape index (κ1) is 13.8. The zero-order chi connectivity index (χ0) is 14.0. The average molecular weight is 266 g/mol. The topological polar surface area (TPSA) is 43.8 Å². The summed E-state index contributed by atoms with van der Waals surface area (Å²) in [5.41, 5.74) is -0.223. The molecule has 1 fully saturated rings. The molecule has 1 amide bonds. The number of carbonyl (C=O) groups excluding carboxylic acids is 1. The molecule has 0 radical (unpaired) electrons. The van der Waals surface area contributed by atoms with Crippen LogP contribution in [0, 0.1) is 5.82 Å². The number of phenols is 1. The van der Waals surface area contributed by atoms with Gasteiger partial charge in [0.15, 0.2) is 0 Å². The van der Waals surface area contributed by atoms with Gasteiger partial charge in [-0.05, 0) is 25.6 Å². The van der Waals surface area contributed by atoms with Crippen LogP contribution in [0.25, 0.3) is 0 Å². The fourth-order valence-corrected chi connectivity index (χ4v) is 2.53. The number of aromatic hydroxyl groups is 1. The van der Waals surface area contributed by atoms with Crippen molar-refractivity contribution < 1.29 is 14.3 Å². The first-order valence-electron chi connectivity index (χ1n) is 6.55. The molecule has 2 rings (SSSR count). The minimum Gasteiger partial charge on any atom is -0.507 e. The second-order valence-electron chi connectivity index (χ2n) is 4.86. The maximum absolute atomic E-state index is 13.7. The van der Waals surface area contributed by atoms with Crippen LogP contribution in [0.15, 0.2) is 18.2 Å². The van der Waals surface area contributed by atoms with Gasteiger partial charge in [0.25, 0.3) is 5.91 Å². The van der Waals surface area contributed by atoms with Crippen LogP contribution in [0.2, 0.25) is 0 Å². The number of piperazine rings is 1. The number of carbonyl (C=O) groups is 1. The number of hydrogen-bond acceptors (Lipinski definition) is 3. The number of amides is 1. The van der Waals surface area contributed by atoms with Crippen LogP contribution in [-0.4, -0.2) is 53.0 Å². The van der Waals surface area contributed by atoms with E-state index < -0.39 is 11.7 Å². The van der Waals surface area contributed by atoms with Gasteiger partial charge in [-0.25, -0.2) is 4.39 Å². The van der Waals surface area contributed by atoms with Gasteiger partial charge in [-0.15, -0.1) is 0 Å². The molecular formula is C14H19FN2O2. The normalized spacial score (nSPS) is 20.6. The van der Waals surface area contributed by atoms with Crippen LogP contribution in [0.3, 0.4) is 0 Å². The highest BCUT2D eigenvalue weighted by molar-refractivity contribution is 5.97. The smallest absolute Gasteiger partial charge is 0.260 e. The summed E-state index contributed by atoms with van der Waals surface area (Å²) in [7, 11) is 0. The van der Waals surface area contributed by atoms with E-state index in [9.17, 15) is 14.3 Å². The maximum atomic E-state index is 13.7. The van der Waals surface area contributed by atoms with Crippen LogP contribution in [0.1, 0.15) is 24.2 Å². The molecule has 1 saturated heterocycles. The van der Waals surface area contributed by atoms with Crippen molar-refractivity contribution >= 4 is 5.91 Å². The minimum absolute atomic E-state index is 0.223. The Kier molecular flexibility index (Phi) is 4.04. The Morgan fingerprint density at radius 2 is 2.21 bits per heavy atom. The first-order chi connectivity index (χ1) is 9.04. The molecule has 4 nitrogen and oxygen atoms in total. The molecule has 1 aliphatic rings. The van der Waals surface area contributed by atoms with Crippen molar-refractivity contribution in [1.82, 2.24) is 9.80 Å². The molecule has 19 heavy (non-hydrogen) atoms. The third-order valence-electron chi connectivity index (χ3n) is 3.66. The molecule has 0 saturated carbocycles. The molecule has 0 bridgehead atoms. The monoisotopic (exact) mass is 266 g/mol.